The van der Waals surface area contributed by atoms with Crippen LogP contribution in [-0.2, 0) is 27.2 Å². The number of carbonyl (C=O) groups excluding carboxylic acids is 3. The predicted octanol–water partition coefficient (Wildman–Crippen LogP) is 7.64. The number of nitrogens with zero attached hydrogens (tertiary/aromatic N) is 3. The van der Waals surface area contributed by atoms with E-state index in [0.29, 0.717) is 50.4 Å². The Bertz CT molecular complexity index is 1660. The van der Waals surface area contributed by atoms with Gasteiger partial charge in [0.1, 0.15) is 21.2 Å². The van der Waals surface area contributed by atoms with Gasteiger partial charge in [0.05, 0.1) is 16.8 Å². The van der Waals surface area contributed by atoms with Crippen LogP contribution in [0.1, 0.15) is 71.2 Å². The molecule has 47 heavy (non-hydrogen) atoms. The highest BCUT2D eigenvalue weighted by atomic mass is 79.9. The summed E-state index contributed by atoms with van der Waals surface area (Å²) in [5, 5.41) is 8.46. The normalized spacial score (nSPS) is 21.1. The molecule has 2 atom stereocenters. The molecular weight excluding hydrogens is 702 g/mol. The lowest BCUT2D eigenvalue weighted by molar-refractivity contribution is -0.116. The Morgan fingerprint density at radius 1 is 0.979 bits per heavy atom. The van der Waals surface area contributed by atoms with Crippen molar-refractivity contribution in [1.82, 2.24) is 20.1 Å². The Morgan fingerprint density at radius 2 is 1.64 bits per heavy atom. The fourth-order valence-corrected chi connectivity index (χ4v) is 9.45. The molecule has 3 aliphatic rings. The average molecular weight is 747 g/mol. The lowest BCUT2D eigenvalue weighted by Gasteiger charge is -2.30. The van der Waals surface area contributed by atoms with E-state index in [1.54, 1.807) is 16.2 Å². The van der Waals surface area contributed by atoms with Gasteiger partial charge in [-0.25, -0.2) is 14.6 Å². The van der Waals surface area contributed by atoms with E-state index < -0.39 is 11.2 Å². The number of amides is 3. The smallest absolute Gasteiger partial charge is 0.410 e. The fraction of sp³-hybridized carbons (Fsp3) is 0.588. The maximum absolute atomic E-state index is 13.3. The largest absolute Gasteiger partial charge is 0.444 e. The monoisotopic (exact) mass is 745 g/mol. The summed E-state index contributed by atoms with van der Waals surface area (Å²) in [7, 11) is 0. The molecule has 3 aromatic rings. The highest BCUT2D eigenvalue weighted by Gasteiger charge is 2.43. The summed E-state index contributed by atoms with van der Waals surface area (Å²) < 4.78 is 13.3. The van der Waals surface area contributed by atoms with Crippen LogP contribution in [-0.4, -0.2) is 76.3 Å². The molecule has 2 unspecified atom stereocenters. The van der Waals surface area contributed by atoms with Crippen LogP contribution in [0, 0.1) is 11.8 Å². The number of benzene rings is 1. The summed E-state index contributed by atoms with van der Waals surface area (Å²) in [5.74, 6) is 0.867. The Labute approximate surface area is 292 Å². The van der Waals surface area contributed by atoms with Gasteiger partial charge in [-0.1, -0.05) is 15.9 Å². The highest BCUT2D eigenvalue weighted by molar-refractivity contribution is 9.10. The van der Waals surface area contributed by atoms with Crippen LogP contribution in [0.2, 0.25) is 0 Å². The maximum atomic E-state index is 13.3. The number of aromatic nitrogens is 1. The minimum Gasteiger partial charge on any atom is -0.444 e. The van der Waals surface area contributed by atoms with Gasteiger partial charge >= 0.3 is 12.2 Å². The van der Waals surface area contributed by atoms with Crippen molar-refractivity contribution in [2.75, 3.05) is 31.5 Å². The van der Waals surface area contributed by atoms with Gasteiger partial charge in [-0.05, 0) is 96.4 Å². The van der Waals surface area contributed by atoms with E-state index in [-0.39, 0.29) is 18.1 Å². The van der Waals surface area contributed by atoms with E-state index in [1.165, 1.54) is 11.3 Å². The van der Waals surface area contributed by atoms with Crippen LogP contribution in [0.4, 0.5) is 14.6 Å². The molecule has 1 aliphatic carbocycles. The second kappa shape index (κ2) is 13.3. The maximum Gasteiger partial charge on any atom is 0.410 e. The zero-order chi connectivity index (χ0) is 33.7. The van der Waals surface area contributed by atoms with Gasteiger partial charge in [-0.3, -0.25) is 4.79 Å². The molecule has 13 heteroatoms. The van der Waals surface area contributed by atoms with Crippen LogP contribution in [0.25, 0.3) is 20.8 Å². The topological polar surface area (TPSA) is 113 Å². The van der Waals surface area contributed by atoms with E-state index in [9.17, 15) is 14.4 Å². The Balaban J connectivity index is 1.10. The molecular formula is C34H44BrN5O5S2. The summed E-state index contributed by atoms with van der Waals surface area (Å²) in [5.41, 5.74) is 1.94. The van der Waals surface area contributed by atoms with Gasteiger partial charge in [0.2, 0.25) is 5.91 Å². The number of rotatable bonds is 6. The second-order valence-corrected chi connectivity index (χ2v) is 17.9. The minimum atomic E-state index is -0.571. The molecule has 10 nitrogen and oxygen atoms in total. The number of thiophene rings is 1. The molecule has 1 saturated carbocycles. The fourth-order valence-electron chi connectivity index (χ4n) is 6.73. The molecule has 0 radical (unpaired) electrons. The molecule has 2 aliphatic heterocycles. The van der Waals surface area contributed by atoms with E-state index in [0.717, 1.165) is 66.6 Å². The first kappa shape index (κ1) is 34.1. The third kappa shape index (κ3) is 8.12. The third-order valence-electron chi connectivity index (χ3n) is 8.71. The summed E-state index contributed by atoms with van der Waals surface area (Å²) in [6.45, 7) is 14.3. The number of hydrogen-bond donors (Lipinski definition) is 2. The van der Waals surface area contributed by atoms with Gasteiger partial charge in [-0.15, -0.1) is 22.7 Å². The van der Waals surface area contributed by atoms with Crippen molar-refractivity contribution >= 4 is 71.9 Å². The number of fused-ring (bicyclic) bond motifs is 3. The van der Waals surface area contributed by atoms with Crippen LogP contribution in [0.5, 0.6) is 0 Å². The van der Waals surface area contributed by atoms with Gasteiger partial charge in [-0.2, -0.15) is 0 Å². The number of nitrogens with one attached hydrogen (secondary N) is 2. The summed E-state index contributed by atoms with van der Waals surface area (Å²) in [6.07, 6.45) is 2.44. The summed E-state index contributed by atoms with van der Waals surface area (Å²) in [4.78, 5) is 48.4. The number of anilines is 1. The number of likely N-dealkylation sites (tertiary alicyclic amines) is 1. The van der Waals surface area contributed by atoms with Gasteiger partial charge < -0.3 is 29.9 Å². The molecule has 6 rings (SSSR count). The molecule has 2 fully saturated rings. The van der Waals surface area contributed by atoms with E-state index >= 15 is 0 Å². The number of halogens is 1. The van der Waals surface area contributed by atoms with Crippen molar-refractivity contribution in [3.8, 4) is 10.6 Å². The number of hydrogen-bond acceptors (Lipinski definition) is 9. The van der Waals surface area contributed by atoms with E-state index in [2.05, 4.69) is 32.6 Å². The first-order valence-corrected chi connectivity index (χ1v) is 18.7. The first-order chi connectivity index (χ1) is 22.1. The minimum absolute atomic E-state index is 0.0560. The van der Waals surface area contributed by atoms with Crippen molar-refractivity contribution in [2.45, 2.75) is 91.0 Å². The molecule has 3 amide bonds. The number of thiazole rings is 1. The Morgan fingerprint density at radius 3 is 2.30 bits per heavy atom. The van der Waals surface area contributed by atoms with Crippen LogP contribution in [0.15, 0.2) is 22.7 Å². The van der Waals surface area contributed by atoms with Crippen molar-refractivity contribution in [1.29, 1.82) is 0 Å². The Hall–Kier alpha value is -2.74. The zero-order valence-electron chi connectivity index (χ0n) is 27.9. The van der Waals surface area contributed by atoms with Crippen LogP contribution in [0.3, 0.4) is 0 Å². The van der Waals surface area contributed by atoms with Crippen LogP contribution < -0.4 is 10.6 Å². The van der Waals surface area contributed by atoms with Crippen molar-refractivity contribution in [3.05, 3.63) is 33.1 Å². The van der Waals surface area contributed by atoms with Crippen molar-refractivity contribution < 1.29 is 23.9 Å². The lowest BCUT2D eigenvalue weighted by atomic mass is 10.0. The third-order valence-corrected chi connectivity index (χ3v) is 11.4. The molecule has 1 saturated heterocycles. The molecule has 0 spiro atoms. The van der Waals surface area contributed by atoms with Gasteiger partial charge in [0, 0.05) is 53.6 Å². The SMILES string of the molecule is CC(C)(C)OC(=O)N1CCc2c(sc(NC(=O)CCNC3CC4CN(C(=O)OC(C)(C)C)CC4C3)c2-c2nc3cc(Br)ccc3s2)C1. The van der Waals surface area contributed by atoms with E-state index in [1.807, 2.05) is 58.6 Å². The average Bonchev–Trinajstić information content (AvgIpc) is 3.71. The number of carbonyl (C=O) groups is 3. The standard InChI is InChI=1S/C34H44BrN5O5S2/c1-33(2,3)44-31(42)39-12-10-23-26(18-39)47-30(28(23)29-37-24-15-21(35)7-8-25(24)46-29)38-27(41)9-11-36-22-13-19-16-40(17-20(19)14-22)32(43)45-34(4,5)6/h7-8,15,19-20,22,36H,9-14,16-18H2,1-6H3,(H,38,41). The first-order valence-electron chi connectivity index (χ1n) is 16.3. The summed E-state index contributed by atoms with van der Waals surface area (Å²) in [6, 6.07) is 6.41. The van der Waals surface area contributed by atoms with Gasteiger partial charge in [0.15, 0.2) is 0 Å². The Kier molecular flexibility index (Phi) is 9.65. The van der Waals surface area contributed by atoms with Crippen molar-refractivity contribution in [3.63, 3.8) is 0 Å². The van der Waals surface area contributed by atoms with E-state index in [4.69, 9.17) is 14.5 Å². The zero-order valence-corrected chi connectivity index (χ0v) is 31.1. The van der Waals surface area contributed by atoms with Crippen molar-refractivity contribution in [2.24, 2.45) is 11.8 Å². The molecule has 254 valence electrons. The van der Waals surface area contributed by atoms with Crippen LogP contribution >= 0.6 is 38.6 Å². The molecule has 1 aromatic carbocycles. The molecule has 0 bridgehead atoms. The molecule has 2 aromatic heterocycles. The quantitative estimate of drug-likeness (QED) is 0.267. The summed E-state index contributed by atoms with van der Waals surface area (Å²) >= 11 is 6.69. The molecule has 4 heterocycles. The highest BCUT2D eigenvalue weighted by Crippen LogP contribution is 2.46. The van der Waals surface area contributed by atoms with Gasteiger partial charge in [0.25, 0.3) is 0 Å². The molecule has 2 N–H and O–H groups in total. The lowest BCUT2D eigenvalue weighted by Crippen LogP contribution is -2.39. The second-order valence-electron chi connectivity index (χ2n) is 14.8. The number of ether oxygens (including phenoxy) is 2. The predicted molar refractivity (Wildman–Crippen MR) is 190 cm³/mol.